The Kier molecular flexibility index (Phi) is 6.85. The molecule has 0 aliphatic rings. The van der Waals surface area contributed by atoms with Gasteiger partial charge < -0.3 is 5.32 Å². The Morgan fingerprint density at radius 3 is 2.14 bits per heavy atom. The molecule has 0 atom stereocenters. The van der Waals surface area contributed by atoms with Crippen LogP contribution in [0.1, 0.15) is 16.8 Å². The van der Waals surface area contributed by atoms with Gasteiger partial charge in [0.15, 0.2) is 0 Å². The number of aromatic nitrogens is 2. The van der Waals surface area contributed by atoms with Crippen LogP contribution in [-0.4, -0.2) is 30.2 Å². The summed E-state index contributed by atoms with van der Waals surface area (Å²) in [5.74, 6) is -0.560. The Morgan fingerprint density at radius 1 is 0.917 bits per heavy atom. The van der Waals surface area contributed by atoms with Crippen molar-refractivity contribution in [2.75, 3.05) is 16.2 Å². The van der Waals surface area contributed by atoms with E-state index >= 15 is 0 Å². The second-order valence-electron chi connectivity index (χ2n) is 8.60. The van der Waals surface area contributed by atoms with Gasteiger partial charge in [-0.05, 0) is 56.7 Å². The van der Waals surface area contributed by atoms with Gasteiger partial charge in [-0.1, -0.05) is 54.1 Å². The van der Waals surface area contributed by atoms with Gasteiger partial charge in [-0.3, -0.25) is 14.3 Å². The molecular weight excluding hydrogens is 476 g/mol. The molecule has 0 spiro atoms. The first-order chi connectivity index (χ1) is 17.1. The minimum absolute atomic E-state index is 0.0155. The number of anilines is 2. The summed E-state index contributed by atoms with van der Waals surface area (Å²) in [6, 6.07) is 22.3. The molecule has 9 heteroatoms. The van der Waals surface area contributed by atoms with Crippen molar-refractivity contribution in [3.05, 3.63) is 106 Å². The van der Waals surface area contributed by atoms with E-state index < -0.39 is 28.0 Å². The average molecular weight is 505 g/mol. The Bertz CT molecular complexity index is 1570. The average Bonchev–Trinajstić information content (AvgIpc) is 3.08. The van der Waals surface area contributed by atoms with E-state index in [4.69, 9.17) is 0 Å². The monoisotopic (exact) mass is 504 g/mol. The highest BCUT2D eigenvalue weighted by atomic mass is 32.2. The number of hydrogen-bond acceptors (Lipinski definition) is 4. The van der Waals surface area contributed by atoms with Crippen LogP contribution in [0.3, 0.4) is 0 Å². The van der Waals surface area contributed by atoms with Crippen LogP contribution in [0.5, 0.6) is 0 Å². The second-order valence-corrected chi connectivity index (χ2v) is 10.5. The summed E-state index contributed by atoms with van der Waals surface area (Å²) in [6.07, 6.45) is 0. The van der Waals surface area contributed by atoms with Crippen LogP contribution in [0.15, 0.2) is 88.6 Å². The molecule has 1 aromatic heterocycles. The maximum Gasteiger partial charge on any atom is 0.296 e. The molecule has 0 bridgehead atoms. The topological polar surface area (TPSA) is 93.4 Å². The fourth-order valence-electron chi connectivity index (χ4n) is 4.12. The fourth-order valence-corrected chi connectivity index (χ4v) is 5.61. The lowest BCUT2D eigenvalue weighted by molar-refractivity contribution is -0.114. The van der Waals surface area contributed by atoms with Crippen molar-refractivity contribution in [1.82, 2.24) is 9.36 Å². The number of sulfonamides is 1. The van der Waals surface area contributed by atoms with Crippen LogP contribution >= 0.6 is 0 Å². The largest absolute Gasteiger partial charge is 0.324 e. The van der Waals surface area contributed by atoms with Crippen molar-refractivity contribution in [3.8, 4) is 5.69 Å². The lowest BCUT2D eigenvalue weighted by atomic mass is 10.1. The molecule has 0 aliphatic carbocycles. The van der Waals surface area contributed by atoms with E-state index in [0.29, 0.717) is 17.1 Å². The zero-order valence-corrected chi connectivity index (χ0v) is 21.4. The smallest absolute Gasteiger partial charge is 0.296 e. The molecule has 1 amide bonds. The van der Waals surface area contributed by atoms with Crippen molar-refractivity contribution in [2.45, 2.75) is 25.7 Å². The SMILES string of the molecule is Cc1ccc(NC(=O)CN(c2c(C)n(C)n(-c3ccccc3)c2=O)S(=O)(=O)c2ccccc2)c(C)c1. The van der Waals surface area contributed by atoms with Crippen LogP contribution in [0, 0.1) is 20.8 Å². The molecular formula is C27H28N4O4S. The van der Waals surface area contributed by atoms with Gasteiger partial charge in [0.1, 0.15) is 12.2 Å². The number of nitrogens with one attached hydrogen (secondary N) is 1. The number of rotatable bonds is 7. The van der Waals surface area contributed by atoms with Gasteiger partial charge in [-0.2, -0.15) is 0 Å². The van der Waals surface area contributed by atoms with Gasteiger partial charge in [-0.15, -0.1) is 0 Å². The molecule has 0 unspecified atom stereocenters. The Hall–Kier alpha value is -4.11. The molecule has 0 aliphatic heterocycles. The second kappa shape index (κ2) is 9.87. The molecule has 8 nitrogen and oxygen atoms in total. The molecule has 1 heterocycles. The first-order valence-corrected chi connectivity index (χ1v) is 12.8. The zero-order chi connectivity index (χ0) is 26.0. The highest BCUT2D eigenvalue weighted by molar-refractivity contribution is 7.92. The Morgan fingerprint density at radius 2 is 1.53 bits per heavy atom. The third-order valence-electron chi connectivity index (χ3n) is 6.05. The third kappa shape index (κ3) is 4.70. The predicted molar refractivity (Wildman–Crippen MR) is 141 cm³/mol. The summed E-state index contributed by atoms with van der Waals surface area (Å²) in [5, 5.41) is 2.79. The fraction of sp³-hybridized carbons (Fsp3) is 0.185. The molecule has 0 radical (unpaired) electrons. The van der Waals surface area contributed by atoms with E-state index in [2.05, 4.69) is 5.32 Å². The minimum atomic E-state index is -4.24. The molecule has 1 N–H and O–H groups in total. The van der Waals surface area contributed by atoms with Crippen LogP contribution in [-0.2, 0) is 21.9 Å². The quantitative estimate of drug-likeness (QED) is 0.413. The number of para-hydroxylation sites is 1. The zero-order valence-electron chi connectivity index (χ0n) is 20.6. The molecule has 36 heavy (non-hydrogen) atoms. The molecule has 4 rings (SSSR count). The van der Waals surface area contributed by atoms with Gasteiger partial charge in [0.05, 0.1) is 16.3 Å². The van der Waals surface area contributed by atoms with Gasteiger partial charge in [-0.25, -0.2) is 17.4 Å². The van der Waals surface area contributed by atoms with Crippen molar-refractivity contribution in [3.63, 3.8) is 0 Å². The number of carbonyl (C=O) groups is 1. The van der Waals surface area contributed by atoms with E-state index in [1.807, 2.05) is 32.0 Å². The number of carbonyl (C=O) groups excluding carboxylic acids is 1. The van der Waals surface area contributed by atoms with E-state index in [-0.39, 0.29) is 10.6 Å². The number of nitrogens with zero attached hydrogens (tertiary/aromatic N) is 3. The Balaban J connectivity index is 1.83. The van der Waals surface area contributed by atoms with Crippen molar-refractivity contribution in [2.24, 2.45) is 7.05 Å². The minimum Gasteiger partial charge on any atom is -0.324 e. The predicted octanol–water partition coefficient (Wildman–Crippen LogP) is 3.94. The molecule has 0 saturated heterocycles. The number of benzene rings is 3. The highest BCUT2D eigenvalue weighted by Gasteiger charge is 2.33. The lowest BCUT2D eigenvalue weighted by Gasteiger charge is -2.23. The van der Waals surface area contributed by atoms with Gasteiger partial charge >= 0.3 is 0 Å². The third-order valence-corrected chi connectivity index (χ3v) is 7.81. The van der Waals surface area contributed by atoms with E-state index in [0.717, 1.165) is 15.4 Å². The summed E-state index contributed by atoms with van der Waals surface area (Å²) < 4.78 is 31.4. The summed E-state index contributed by atoms with van der Waals surface area (Å²) >= 11 is 0. The standard InChI is InChI=1S/C27H28N4O4S/c1-19-15-16-24(20(2)17-19)28-25(32)18-30(36(34,35)23-13-9-6-10-14-23)26-21(3)29(4)31(27(26)33)22-11-7-5-8-12-22/h5-17H,18H2,1-4H3,(H,28,32). The van der Waals surface area contributed by atoms with Gasteiger partial charge in [0, 0.05) is 12.7 Å². The summed E-state index contributed by atoms with van der Waals surface area (Å²) in [5.41, 5.74) is 2.83. The van der Waals surface area contributed by atoms with Gasteiger partial charge in [0.2, 0.25) is 5.91 Å². The number of aryl methyl sites for hydroxylation is 2. The van der Waals surface area contributed by atoms with E-state index in [1.165, 1.54) is 16.8 Å². The van der Waals surface area contributed by atoms with E-state index in [9.17, 15) is 18.0 Å². The maximum atomic E-state index is 13.8. The first-order valence-electron chi connectivity index (χ1n) is 11.4. The number of hydrogen-bond donors (Lipinski definition) is 1. The van der Waals surface area contributed by atoms with Crippen LogP contribution in [0.25, 0.3) is 5.69 Å². The van der Waals surface area contributed by atoms with Crippen molar-refractivity contribution < 1.29 is 13.2 Å². The summed E-state index contributed by atoms with van der Waals surface area (Å²) in [4.78, 5) is 26.8. The van der Waals surface area contributed by atoms with E-state index in [1.54, 1.807) is 67.2 Å². The van der Waals surface area contributed by atoms with Crippen molar-refractivity contribution >= 4 is 27.3 Å². The molecule has 0 fully saturated rings. The molecule has 186 valence electrons. The molecule has 3 aromatic carbocycles. The lowest BCUT2D eigenvalue weighted by Crippen LogP contribution is -2.41. The first kappa shape index (κ1) is 25.0. The maximum absolute atomic E-state index is 13.8. The van der Waals surface area contributed by atoms with Gasteiger partial charge in [0.25, 0.3) is 15.6 Å². The molecule has 0 saturated carbocycles. The van der Waals surface area contributed by atoms with Crippen molar-refractivity contribution in [1.29, 1.82) is 0 Å². The van der Waals surface area contributed by atoms with Crippen LogP contribution in [0.4, 0.5) is 11.4 Å². The van der Waals surface area contributed by atoms with Crippen LogP contribution < -0.4 is 15.2 Å². The molecule has 4 aromatic rings. The number of amides is 1. The Labute approximate surface area is 210 Å². The normalized spacial score (nSPS) is 11.3. The highest BCUT2D eigenvalue weighted by Crippen LogP contribution is 2.26. The van der Waals surface area contributed by atoms with Crippen LogP contribution in [0.2, 0.25) is 0 Å². The summed E-state index contributed by atoms with van der Waals surface area (Å²) in [7, 11) is -2.57. The summed E-state index contributed by atoms with van der Waals surface area (Å²) in [6.45, 7) is 4.90.